The second kappa shape index (κ2) is 9.87. The maximum atomic E-state index is 5.10. The zero-order chi connectivity index (χ0) is 9.94. The normalized spacial score (nSPS) is 10.3. The molecule has 0 aromatic carbocycles. The van der Waals surface area contributed by atoms with Gasteiger partial charge in [-0.05, 0) is 0 Å². The summed E-state index contributed by atoms with van der Waals surface area (Å²) in [7, 11) is 3.26. The van der Waals surface area contributed by atoms with E-state index in [4.69, 9.17) is 15.9 Å². The van der Waals surface area contributed by atoms with Gasteiger partial charge in [-0.1, -0.05) is 5.92 Å². The minimum atomic E-state index is -0.155. The first kappa shape index (κ1) is 12.8. The molecule has 0 bridgehead atoms. The summed E-state index contributed by atoms with van der Waals surface area (Å²) >= 11 is 1.74. The van der Waals surface area contributed by atoms with E-state index in [-0.39, 0.29) is 6.29 Å². The van der Waals surface area contributed by atoms with Crippen LogP contribution in [0.1, 0.15) is 0 Å². The van der Waals surface area contributed by atoms with E-state index >= 15 is 0 Å². The van der Waals surface area contributed by atoms with Gasteiger partial charge in [0.15, 0.2) is 6.29 Å². The third kappa shape index (κ3) is 8.13. The quantitative estimate of drug-likeness (QED) is 0.355. The second-order valence-electron chi connectivity index (χ2n) is 2.36. The van der Waals surface area contributed by atoms with Gasteiger partial charge in [-0.25, -0.2) is 0 Å². The van der Waals surface area contributed by atoms with Crippen molar-refractivity contribution < 1.29 is 9.47 Å². The third-order valence-corrected chi connectivity index (χ3v) is 2.31. The molecule has 13 heavy (non-hydrogen) atoms. The molecular formula is C9H17NO2S. The molecule has 3 nitrogen and oxygen atoms in total. The van der Waals surface area contributed by atoms with Gasteiger partial charge in [0.25, 0.3) is 0 Å². The van der Waals surface area contributed by atoms with Gasteiger partial charge in [0.1, 0.15) is 0 Å². The first-order valence-corrected chi connectivity index (χ1v) is 5.28. The third-order valence-electron chi connectivity index (χ3n) is 1.45. The van der Waals surface area contributed by atoms with E-state index in [0.717, 1.165) is 18.1 Å². The molecule has 0 radical (unpaired) electrons. The van der Waals surface area contributed by atoms with Gasteiger partial charge in [-0.2, -0.15) is 0 Å². The topological polar surface area (TPSA) is 30.5 Å². The molecule has 0 fully saturated rings. The molecule has 0 saturated heterocycles. The lowest BCUT2D eigenvalue weighted by atomic mass is 10.6. The Morgan fingerprint density at radius 2 is 2.15 bits per heavy atom. The summed E-state index contributed by atoms with van der Waals surface area (Å²) in [6.07, 6.45) is 4.95. The van der Waals surface area contributed by atoms with E-state index in [0.29, 0.717) is 6.54 Å². The fraction of sp³-hybridized carbons (Fsp3) is 0.778. The molecule has 0 aromatic rings. The van der Waals surface area contributed by atoms with Crippen LogP contribution >= 0.6 is 11.8 Å². The van der Waals surface area contributed by atoms with E-state index in [9.17, 15) is 0 Å². The Morgan fingerprint density at radius 1 is 1.46 bits per heavy atom. The molecule has 0 aliphatic rings. The van der Waals surface area contributed by atoms with Crippen LogP contribution in [0.2, 0.25) is 0 Å². The second-order valence-corrected chi connectivity index (χ2v) is 3.47. The fourth-order valence-corrected chi connectivity index (χ4v) is 1.31. The van der Waals surface area contributed by atoms with E-state index in [2.05, 4.69) is 11.2 Å². The number of ether oxygens (including phenoxy) is 2. The molecule has 4 heteroatoms. The van der Waals surface area contributed by atoms with Crippen molar-refractivity contribution >= 4 is 11.8 Å². The highest BCUT2D eigenvalue weighted by Crippen LogP contribution is 1.95. The van der Waals surface area contributed by atoms with Crippen LogP contribution in [0.25, 0.3) is 0 Å². The Bertz CT molecular complexity index is 143. The molecule has 0 amide bonds. The number of rotatable bonds is 8. The molecule has 0 heterocycles. The van der Waals surface area contributed by atoms with Crippen molar-refractivity contribution in [1.82, 2.24) is 5.32 Å². The standard InChI is InChI=1S/C9H17NO2S/c1-4-6-13-7-5-10-8-9(11-2)12-3/h1,9-10H,5-8H2,2-3H3. The average Bonchev–Trinajstić information content (AvgIpc) is 2.17. The van der Waals surface area contributed by atoms with Crippen LogP contribution in [0.3, 0.4) is 0 Å². The van der Waals surface area contributed by atoms with Crippen LogP contribution in [-0.2, 0) is 9.47 Å². The molecule has 0 saturated carbocycles. The molecule has 0 atom stereocenters. The molecule has 0 rings (SSSR count). The van der Waals surface area contributed by atoms with Crippen LogP contribution in [0.15, 0.2) is 0 Å². The zero-order valence-electron chi connectivity index (χ0n) is 8.21. The van der Waals surface area contributed by atoms with Gasteiger partial charge < -0.3 is 14.8 Å². The minimum absolute atomic E-state index is 0.155. The molecule has 76 valence electrons. The number of terminal acetylenes is 1. The van der Waals surface area contributed by atoms with Gasteiger partial charge in [-0.15, -0.1) is 18.2 Å². The predicted octanol–water partition coefficient (Wildman–Crippen LogP) is 0.561. The minimum Gasteiger partial charge on any atom is -0.355 e. The first-order chi connectivity index (χ1) is 6.35. The lowest BCUT2D eigenvalue weighted by molar-refractivity contribution is -0.0984. The zero-order valence-corrected chi connectivity index (χ0v) is 9.02. The lowest BCUT2D eigenvalue weighted by Gasteiger charge is -2.13. The van der Waals surface area contributed by atoms with Crippen LogP contribution in [0, 0.1) is 12.3 Å². The van der Waals surface area contributed by atoms with Gasteiger partial charge >= 0.3 is 0 Å². The first-order valence-electron chi connectivity index (χ1n) is 4.12. The molecule has 0 aliphatic carbocycles. The lowest BCUT2D eigenvalue weighted by Crippen LogP contribution is -2.31. The van der Waals surface area contributed by atoms with Crippen molar-refractivity contribution in [1.29, 1.82) is 0 Å². The van der Waals surface area contributed by atoms with E-state index in [1.165, 1.54) is 0 Å². The van der Waals surface area contributed by atoms with Crippen molar-refractivity contribution in [2.24, 2.45) is 0 Å². The van der Waals surface area contributed by atoms with Crippen molar-refractivity contribution in [2.45, 2.75) is 6.29 Å². The average molecular weight is 203 g/mol. The maximum absolute atomic E-state index is 5.10. The van der Waals surface area contributed by atoms with Gasteiger partial charge in [0.05, 0.1) is 5.75 Å². The molecule has 0 unspecified atom stereocenters. The summed E-state index contributed by atoms with van der Waals surface area (Å²) in [5, 5.41) is 3.21. The van der Waals surface area contributed by atoms with Crippen molar-refractivity contribution in [3.63, 3.8) is 0 Å². The Hall–Kier alpha value is -0.210. The summed E-state index contributed by atoms with van der Waals surface area (Å²) < 4.78 is 10.0. The molecule has 1 N–H and O–H groups in total. The smallest absolute Gasteiger partial charge is 0.169 e. The Morgan fingerprint density at radius 3 is 2.69 bits per heavy atom. The van der Waals surface area contributed by atoms with Crippen molar-refractivity contribution in [3.05, 3.63) is 0 Å². The van der Waals surface area contributed by atoms with Crippen molar-refractivity contribution in [3.8, 4) is 12.3 Å². The number of methoxy groups -OCH3 is 2. The van der Waals surface area contributed by atoms with Crippen LogP contribution in [0.4, 0.5) is 0 Å². The maximum Gasteiger partial charge on any atom is 0.169 e. The molecule has 0 aliphatic heterocycles. The van der Waals surface area contributed by atoms with E-state index in [1.807, 2.05) is 0 Å². The van der Waals surface area contributed by atoms with Crippen LogP contribution < -0.4 is 5.32 Å². The summed E-state index contributed by atoms with van der Waals surface area (Å²) in [5.41, 5.74) is 0. The Balaban J connectivity index is 3.11. The summed E-state index contributed by atoms with van der Waals surface area (Å²) in [6, 6.07) is 0. The summed E-state index contributed by atoms with van der Waals surface area (Å²) in [4.78, 5) is 0. The number of hydrogen-bond donors (Lipinski definition) is 1. The highest BCUT2D eigenvalue weighted by atomic mass is 32.2. The number of hydrogen-bond acceptors (Lipinski definition) is 4. The highest BCUT2D eigenvalue weighted by Gasteiger charge is 2.02. The predicted molar refractivity (Wildman–Crippen MR) is 56.8 cm³/mol. The van der Waals surface area contributed by atoms with E-state index < -0.39 is 0 Å². The van der Waals surface area contributed by atoms with E-state index in [1.54, 1.807) is 26.0 Å². The molecule has 0 aromatic heterocycles. The molecule has 0 spiro atoms. The van der Waals surface area contributed by atoms with Crippen LogP contribution in [-0.4, -0.2) is 45.1 Å². The van der Waals surface area contributed by atoms with Gasteiger partial charge in [0.2, 0.25) is 0 Å². The van der Waals surface area contributed by atoms with Crippen LogP contribution in [0.5, 0.6) is 0 Å². The van der Waals surface area contributed by atoms with Gasteiger partial charge in [-0.3, -0.25) is 0 Å². The number of nitrogens with one attached hydrogen (secondary N) is 1. The molecular weight excluding hydrogens is 186 g/mol. The van der Waals surface area contributed by atoms with Gasteiger partial charge in [0, 0.05) is 33.1 Å². The highest BCUT2D eigenvalue weighted by molar-refractivity contribution is 7.99. The summed E-state index contributed by atoms with van der Waals surface area (Å²) in [5.74, 6) is 4.37. The Kier molecular flexibility index (Phi) is 9.72. The summed E-state index contributed by atoms with van der Waals surface area (Å²) in [6.45, 7) is 1.64. The number of thioether (sulfide) groups is 1. The Labute approximate surface area is 84.6 Å². The monoisotopic (exact) mass is 203 g/mol. The largest absolute Gasteiger partial charge is 0.355 e. The fourth-order valence-electron chi connectivity index (χ4n) is 0.758. The SMILES string of the molecule is C#CCSCCNCC(OC)OC. The van der Waals surface area contributed by atoms with Crippen molar-refractivity contribution in [2.75, 3.05) is 38.8 Å².